The van der Waals surface area contributed by atoms with Crippen LogP contribution in [0.4, 0.5) is 27.6 Å². The fraction of sp³-hybridized carbons (Fsp3) is 0.455. The summed E-state index contributed by atoms with van der Waals surface area (Å²) in [6.07, 6.45) is -6.19. The van der Waals surface area contributed by atoms with Crippen LogP contribution in [0.15, 0.2) is 12.3 Å². The maximum atomic E-state index is 13.3. The summed E-state index contributed by atoms with van der Waals surface area (Å²) >= 11 is 0. The molecule has 0 saturated heterocycles. The first-order chi connectivity index (χ1) is 9.24. The lowest BCUT2D eigenvalue weighted by atomic mass is 9.88. The molecule has 0 fully saturated rings. The summed E-state index contributed by atoms with van der Waals surface area (Å²) in [4.78, 5) is 3.84. The fourth-order valence-corrected chi connectivity index (χ4v) is 2.31. The van der Waals surface area contributed by atoms with Gasteiger partial charge in [0, 0.05) is 12.6 Å². The maximum absolute atomic E-state index is 13.3. The van der Waals surface area contributed by atoms with Crippen molar-refractivity contribution in [2.24, 2.45) is 0 Å². The number of anilines is 1. The summed E-state index contributed by atoms with van der Waals surface area (Å²) in [6, 6.07) is 0.986. The minimum absolute atomic E-state index is 0.0294. The Morgan fingerprint density at radius 3 is 2.70 bits per heavy atom. The van der Waals surface area contributed by atoms with Gasteiger partial charge in [0.05, 0.1) is 17.6 Å². The Kier molecular flexibility index (Phi) is 2.48. The van der Waals surface area contributed by atoms with Gasteiger partial charge >= 0.3 is 6.18 Å². The van der Waals surface area contributed by atoms with E-state index < -0.39 is 23.7 Å². The van der Waals surface area contributed by atoms with Crippen LogP contribution in [0.5, 0.6) is 0 Å². The van der Waals surface area contributed by atoms with Crippen LogP contribution in [0.2, 0.25) is 0 Å². The first-order valence-electron chi connectivity index (χ1n) is 5.72. The summed E-state index contributed by atoms with van der Waals surface area (Å²) in [5, 5.41) is 6.15. The molecular formula is C11H9F5N4. The number of fused-ring (bicyclic) bond motifs is 3. The number of alkyl halides is 5. The van der Waals surface area contributed by atoms with Crippen LogP contribution in [-0.2, 0) is 5.41 Å². The highest BCUT2D eigenvalue weighted by molar-refractivity contribution is 5.60. The molecule has 3 rings (SSSR count). The zero-order valence-electron chi connectivity index (χ0n) is 10.2. The number of hydrogen-bond donors (Lipinski definition) is 1. The molecule has 4 nitrogen and oxygen atoms in total. The van der Waals surface area contributed by atoms with Crippen molar-refractivity contribution in [3.63, 3.8) is 0 Å². The number of nitrogens with zero attached hydrogens (tertiary/aromatic N) is 3. The Morgan fingerprint density at radius 2 is 2.10 bits per heavy atom. The van der Waals surface area contributed by atoms with Crippen LogP contribution in [-0.4, -0.2) is 27.3 Å². The van der Waals surface area contributed by atoms with Gasteiger partial charge in [0.1, 0.15) is 11.1 Å². The zero-order chi connectivity index (χ0) is 14.7. The van der Waals surface area contributed by atoms with E-state index in [-0.39, 0.29) is 23.6 Å². The predicted octanol–water partition coefficient (Wildman–Crippen LogP) is 2.91. The van der Waals surface area contributed by atoms with Crippen LogP contribution in [0, 0.1) is 0 Å². The number of aromatic nitrogens is 3. The van der Waals surface area contributed by atoms with Crippen LogP contribution in [0.1, 0.15) is 24.7 Å². The fourth-order valence-electron chi connectivity index (χ4n) is 2.31. The van der Waals surface area contributed by atoms with E-state index in [1.807, 2.05) is 0 Å². The summed E-state index contributed by atoms with van der Waals surface area (Å²) in [5.74, 6) is 0. The van der Waals surface area contributed by atoms with E-state index in [1.54, 1.807) is 0 Å². The van der Waals surface area contributed by atoms with Crippen molar-refractivity contribution in [2.75, 3.05) is 11.9 Å². The first kappa shape index (κ1) is 13.1. The standard InChI is InChI=1S/C11H9F5N4/c1-10(11(14,15)16)4-18-6-3-17-7-2-5(9(12)13)19-20(7)8(6)10/h2-3,9,18H,4H2,1H3. The van der Waals surface area contributed by atoms with Crippen molar-refractivity contribution in [3.8, 4) is 0 Å². The monoisotopic (exact) mass is 292 g/mol. The average molecular weight is 292 g/mol. The lowest BCUT2D eigenvalue weighted by Crippen LogP contribution is -2.42. The second-order valence-electron chi connectivity index (χ2n) is 4.84. The molecule has 1 unspecified atom stereocenters. The molecule has 0 saturated carbocycles. The zero-order valence-corrected chi connectivity index (χ0v) is 10.2. The number of nitrogens with one attached hydrogen (secondary N) is 1. The van der Waals surface area contributed by atoms with Gasteiger partial charge in [0.25, 0.3) is 6.43 Å². The number of hydrogen-bond acceptors (Lipinski definition) is 3. The molecule has 0 aliphatic carbocycles. The average Bonchev–Trinajstić information content (AvgIpc) is 2.90. The van der Waals surface area contributed by atoms with E-state index in [1.165, 1.54) is 6.20 Å². The molecule has 2 aromatic heterocycles. The Hall–Kier alpha value is -1.93. The van der Waals surface area contributed by atoms with Crippen LogP contribution >= 0.6 is 0 Å². The lowest BCUT2D eigenvalue weighted by molar-refractivity contribution is -0.181. The molecule has 9 heteroatoms. The summed E-state index contributed by atoms with van der Waals surface area (Å²) in [7, 11) is 0. The molecule has 3 heterocycles. The van der Waals surface area contributed by atoms with Gasteiger partial charge < -0.3 is 5.32 Å². The van der Waals surface area contributed by atoms with E-state index in [2.05, 4.69) is 15.4 Å². The van der Waals surface area contributed by atoms with E-state index in [9.17, 15) is 22.0 Å². The first-order valence-corrected chi connectivity index (χ1v) is 5.72. The summed E-state index contributed by atoms with van der Waals surface area (Å²) < 4.78 is 65.9. The highest BCUT2D eigenvalue weighted by Gasteiger charge is 2.57. The highest BCUT2D eigenvalue weighted by atomic mass is 19.4. The molecule has 0 amide bonds. The minimum Gasteiger partial charge on any atom is -0.381 e. The molecule has 108 valence electrons. The van der Waals surface area contributed by atoms with E-state index in [4.69, 9.17) is 0 Å². The van der Waals surface area contributed by atoms with E-state index in [0.29, 0.717) is 0 Å². The molecule has 0 spiro atoms. The van der Waals surface area contributed by atoms with Gasteiger partial charge in [-0.2, -0.15) is 18.3 Å². The van der Waals surface area contributed by atoms with Gasteiger partial charge in [-0.1, -0.05) is 0 Å². The third-order valence-electron chi connectivity index (χ3n) is 3.51. The highest BCUT2D eigenvalue weighted by Crippen LogP contribution is 2.47. The van der Waals surface area contributed by atoms with Crippen LogP contribution in [0.25, 0.3) is 5.65 Å². The van der Waals surface area contributed by atoms with E-state index in [0.717, 1.165) is 17.5 Å². The van der Waals surface area contributed by atoms with Crippen molar-refractivity contribution in [1.29, 1.82) is 0 Å². The second kappa shape index (κ2) is 3.80. The Morgan fingerprint density at radius 1 is 1.40 bits per heavy atom. The van der Waals surface area contributed by atoms with Gasteiger partial charge in [-0.05, 0) is 6.92 Å². The smallest absolute Gasteiger partial charge is 0.381 e. The molecule has 1 N–H and O–H groups in total. The van der Waals surface area contributed by atoms with Crippen molar-refractivity contribution in [2.45, 2.75) is 24.9 Å². The molecular weight excluding hydrogens is 283 g/mol. The summed E-state index contributed by atoms with van der Waals surface area (Å²) in [5.41, 5.74) is -2.86. The normalized spacial score (nSPS) is 22.4. The largest absolute Gasteiger partial charge is 0.401 e. The lowest BCUT2D eigenvalue weighted by Gasteiger charge is -2.27. The SMILES string of the molecule is CC1(C(F)(F)F)CNc2cnc3cc(C(F)F)nn3c21. The molecule has 0 aromatic carbocycles. The van der Waals surface area contributed by atoms with Crippen molar-refractivity contribution in [1.82, 2.24) is 14.6 Å². The Bertz CT molecular complexity index is 677. The second-order valence-corrected chi connectivity index (χ2v) is 4.84. The molecule has 1 atom stereocenters. The van der Waals surface area contributed by atoms with Crippen LogP contribution in [0.3, 0.4) is 0 Å². The minimum atomic E-state index is -4.53. The third-order valence-corrected chi connectivity index (χ3v) is 3.51. The predicted molar refractivity (Wildman–Crippen MR) is 59.8 cm³/mol. The quantitative estimate of drug-likeness (QED) is 0.822. The van der Waals surface area contributed by atoms with Gasteiger partial charge in [0.15, 0.2) is 5.65 Å². The summed E-state index contributed by atoms with van der Waals surface area (Å²) in [6.45, 7) is 0.630. The van der Waals surface area contributed by atoms with Gasteiger partial charge in [0.2, 0.25) is 0 Å². The van der Waals surface area contributed by atoms with Crippen molar-refractivity contribution < 1.29 is 22.0 Å². The van der Waals surface area contributed by atoms with Crippen molar-refractivity contribution in [3.05, 3.63) is 23.7 Å². The third kappa shape index (κ3) is 1.58. The molecule has 0 bridgehead atoms. The van der Waals surface area contributed by atoms with Crippen molar-refractivity contribution >= 4 is 11.3 Å². The van der Waals surface area contributed by atoms with E-state index >= 15 is 0 Å². The molecule has 1 aliphatic rings. The number of rotatable bonds is 1. The van der Waals surface area contributed by atoms with Gasteiger partial charge in [-0.25, -0.2) is 18.3 Å². The Labute approximate surface area is 109 Å². The molecule has 20 heavy (non-hydrogen) atoms. The van der Waals surface area contributed by atoms with Gasteiger partial charge in [-0.15, -0.1) is 0 Å². The van der Waals surface area contributed by atoms with Gasteiger partial charge in [-0.3, -0.25) is 0 Å². The molecule has 0 radical (unpaired) electrons. The molecule has 1 aliphatic heterocycles. The van der Waals surface area contributed by atoms with Crippen LogP contribution < -0.4 is 5.32 Å². The maximum Gasteiger partial charge on any atom is 0.401 e. The number of halogens is 5. The topological polar surface area (TPSA) is 42.2 Å². The molecule has 2 aromatic rings. The Balaban J connectivity index is 2.30.